The summed E-state index contributed by atoms with van der Waals surface area (Å²) in [4.78, 5) is 0. The van der Waals surface area contributed by atoms with E-state index in [9.17, 15) is 4.39 Å². The van der Waals surface area contributed by atoms with Gasteiger partial charge >= 0.3 is 0 Å². The fourth-order valence-corrected chi connectivity index (χ4v) is 0.815. The first-order valence-corrected chi connectivity index (χ1v) is 3.17. The average Bonchev–Trinajstić information content (AvgIpc) is 1.98. The van der Waals surface area contributed by atoms with Gasteiger partial charge in [0, 0.05) is 0 Å². The van der Waals surface area contributed by atoms with Crippen LogP contribution in [0, 0.1) is 12.7 Å². The third kappa shape index (κ3) is 1.77. The number of nitrogens with zero attached hydrogens (tertiary/aromatic N) is 1. The number of hydrogen-bond donors (Lipinski definition) is 1. The highest BCUT2D eigenvalue weighted by Gasteiger charge is 1.95. The SMILES string of the molecule is Cc1cc(/C=N/O)ccc1F. The molecule has 0 saturated carbocycles. The van der Waals surface area contributed by atoms with Gasteiger partial charge in [-0.15, -0.1) is 0 Å². The van der Waals surface area contributed by atoms with Crippen molar-refractivity contribution < 1.29 is 9.60 Å². The number of halogens is 1. The number of aryl methyl sites for hydroxylation is 1. The monoisotopic (exact) mass is 153 g/mol. The quantitative estimate of drug-likeness (QED) is 0.373. The molecule has 0 fully saturated rings. The molecule has 0 spiro atoms. The number of benzene rings is 1. The standard InChI is InChI=1S/C8H8FNO/c1-6-4-7(5-10-11)2-3-8(6)9/h2-5,11H,1H3/b10-5+. The van der Waals surface area contributed by atoms with Gasteiger partial charge in [0.05, 0.1) is 6.21 Å². The molecule has 0 aromatic heterocycles. The summed E-state index contributed by atoms with van der Waals surface area (Å²) in [6.07, 6.45) is 1.26. The van der Waals surface area contributed by atoms with Crippen LogP contribution in [0.1, 0.15) is 11.1 Å². The van der Waals surface area contributed by atoms with E-state index in [4.69, 9.17) is 5.21 Å². The van der Waals surface area contributed by atoms with Crippen molar-refractivity contribution in [2.24, 2.45) is 5.16 Å². The summed E-state index contributed by atoms with van der Waals surface area (Å²) in [5, 5.41) is 11.0. The van der Waals surface area contributed by atoms with Crippen molar-refractivity contribution in [3.63, 3.8) is 0 Å². The lowest BCUT2D eigenvalue weighted by atomic mass is 10.1. The minimum atomic E-state index is -0.250. The Morgan fingerprint density at radius 3 is 2.82 bits per heavy atom. The number of oxime groups is 1. The molecule has 1 aromatic carbocycles. The summed E-state index contributed by atoms with van der Waals surface area (Å²) < 4.78 is 12.6. The Bertz CT molecular complexity index is 283. The van der Waals surface area contributed by atoms with Gasteiger partial charge in [-0.3, -0.25) is 0 Å². The van der Waals surface area contributed by atoms with Crippen molar-refractivity contribution in [2.45, 2.75) is 6.92 Å². The first-order valence-electron chi connectivity index (χ1n) is 3.17. The molecule has 0 unspecified atom stereocenters. The third-order valence-corrected chi connectivity index (χ3v) is 1.39. The van der Waals surface area contributed by atoms with Gasteiger partial charge in [-0.1, -0.05) is 11.2 Å². The summed E-state index contributed by atoms with van der Waals surface area (Å²) in [5.41, 5.74) is 1.23. The molecule has 11 heavy (non-hydrogen) atoms. The Morgan fingerprint density at radius 1 is 1.55 bits per heavy atom. The van der Waals surface area contributed by atoms with Gasteiger partial charge < -0.3 is 5.21 Å². The molecular weight excluding hydrogens is 145 g/mol. The molecule has 3 heteroatoms. The van der Waals surface area contributed by atoms with E-state index in [-0.39, 0.29) is 5.82 Å². The zero-order valence-electron chi connectivity index (χ0n) is 6.08. The lowest BCUT2D eigenvalue weighted by molar-refractivity contribution is 0.322. The summed E-state index contributed by atoms with van der Waals surface area (Å²) in [6.45, 7) is 1.66. The molecule has 1 aromatic rings. The summed E-state index contributed by atoms with van der Waals surface area (Å²) in [6, 6.07) is 4.49. The van der Waals surface area contributed by atoms with Crippen LogP contribution >= 0.6 is 0 Å². The molecule has 1 N–H and O–H groups in total. The van der Waals surface area contributed by atoms with Crippen LogP contribution in [0.15, 0.2) is 23.4 Å². The summed E-state index contributed by atoms with van der Waals surface area (Å²) in [7, 11) is 0. The normalized spacial score (nSPS) is 10.7. The molecule has 0 atom stereocenters. The van der Waals surface area contributed by atoms with Gasteiger partial charge in [-0.2, -0.15) is 0 Å². The first-order chi connectivity index (χ1) is 5.24. The van der Waals surface area contributed by atoms with Gasteiger partial charge in [-0.05, 0) is 30.2 Å². The van der Waals surface area contributed by atoms with Gasteiger partial charge in [0.2, 0.25) is 0 Å². The maximum absolute atomic E-state index is 12.6. The van der Waals surface area contributed by atoms with E-state index in [1.54, 1.807) is 19.1 Å². The topological polar surface area (TPSA) is 32.6 Å². The minimum absolute atomic E-state index is 0.250. The molecule has 58 valence electrons. The van der Waals surface area contributed by atoms with Crippen LogP contribution in [-0.4, -0.2) is 11.4 Å². The molecule has 0 bridgehead atoms. The second-order valence-corrected chi connectivity index (χ2v) is 2.25. The Hall–Kier alpha value is -1.38. The molecule has 0 saturated heterocycles. The van der Waals surface area contributed by atoms with Crippen LogP contribution in [-0.2, 0) is 0 Å². The number of hydrogen-bond acceptors (Lipinski definition) is 2. The van der Waals surface area contributed by atoms with Crippen molar-refractivity contribution in [1.82, 2.24) is 0 Å². The highest BCUT2D eigenvalue weighted by atomic mass is 19.1. The molecular formula is C8H8FNO. The van der Waals surface area contributed by atoms with Crippen molar-refractivity contribution in [3.8, 4) is 0 Å². The lowest BCUT2D eigenvalue weighted by Crippen LogP contribution is -1.86. The van der Waals surface area contributed by atoms with Crippen molar-refractivity contribution in [1.29, 1.82) is 0 Å². The van der Waals surface area contributed by atoms with Crippen molar-refractivity contribution in [3.05, 3.63) is 35.1 Å². The third-order valence-electron chi connectivity index (χ3n) is 1.39. The van der Waals surface area contributed by atoms with Gasteiger partial charge in [0.15, 0.2) is 0 Å². The fraction of sp³-hybridized carbons (Fsp3) is 0.125. The molecule has 0 aliphatic rings. The molecule has 1 rings (SSSR count). The molecule has 0 aliphatic heterocycles. The Balaban J connectivity index is 3.05. The van der Waals surface area contributed by atoms with E-state index in [1.165, 1.54) is 12.3 Å². The van der Waals surface area contributed by atoms with E-state index in [1.807, 2.05) is 0 Å². The molecule has 0 radical (unpaired) electrons. The maximum atomic E-state index is 12.6. The average molecular weight is 153 g/mol. The summed E-state index contributed by atoms with van der Waals surface area (Å²) in [5.74, 6) is -0.250. The minimum Gasteiger partial charge on any atom is -0.411 e. The lowest BCUT2D eigenvalue weighted by Gasteiger charge is -1.95. The van der Waals surface area contributed by atoms with Crippen LogP contribution in [0.3, 0.4) is 0 Å². The van der Waals surface area contributed by atoms with Crippen LogP contribution in [0.25, 0.3) is 0 Å². The van der Waals surface area contributed by atoms with E-state index in [2.05, 4.69) is 5.16 Å². The van der Waals surface area contributed by atoms with Crippen LogP contribution in [0.5, 0.6) is 0 Å². The van der Waals surface area contributed by atoms with Crippen molar-refractivity contribution >= 4 is 6.21 Å². The van der Waals surface area contributed by atoms with Gasteiger partial charge in [0.1, 0.15) is 5.82 Å². The van der Waals surface area contributed by atoms with Crippen molar-refractivity contribution in [2.75, 3.05) is 0 Å². The molecule has 0 amide bonds. The Kier molecular flexibility index (Phi) is 2.21. The van der Waals surface area contributed by atoms with Crippen LogP contribution < -0.4 is 0 Å². The maximum Gasteiger partial charge on any atom is 0.126 e. The predicted octanol–water partition coefficient (Wildman–Crippen LogP) is 1.94. The zero-order valence-corrected chi connectivity index (χ0v) is 6.08. The predicted molar refractivity (Wildman–Crippen MR) is 40.5 cm³/mol. The van der Waals surface area contributed by atoms with E-state index in [0.717, 1.165) is 0 Å². The highest BCUT2D eigenvalue weighted by molar-refractivity contribution is 5.79. The van der Waals surface area contributed by atoms with E-state index in [0.29, 0.717) is 11.1 Å². The Morgan fingerprint density at radius 2 is 2.27 bits per heavy atom. The first kappa shape index (κ1) is 7.72. The molecule has 0 heterocycles. The molecule has 2 nitrogen and oxygen atoms in total. The highest BCUT2D eigenvalue weighted by Crippen LogP contribution is 2.06. The molecule has 0 aliphatic carbocycles. The van der Waals surface area contributed by atoms with Gasteiger partial charge in [0.25, 0.3) is 0 Å². The van der Waals surface area contributed by atoms with E-state index < -0.39 is 0 Å². The smallest absolute Gasteiger partial charge is 0.126 e. The zero-order chi connectivity index (χ0) is 8.27. The largest absolute Gasteiger partial charge is 0.411 e. The van der Waals surface area contributed by atoms with Crippen LogP contribution in [0.2, 0.25) is 0 Å². The van der Waals surface area contributed by atoms with Crippen LogP contribution in [0.4, 0.5) is 4.39 Å². The Labute approximate surface area is 64.0 Å². The summed E-state index contributed by atoms with van der Waals surface area (Å²) >= 11 is 0. The fourth-order valence-electron chi connectivity index (χ4n) is 0.815. The second kappa shape index (κ2) is 3.14. The second-order valence-electron chi connectivity index (χ2n) is 2.25. The van der Waals surface area contributed by atoms with Gasteiger partial charge in [-0.25, -0.2) is 4.39 Å². The van der Waals surface area contributed by atoms with E-state index >= 15 is 0 Å². The number of rotatable bonds is 1.